The predicted molar refractivity (Wildman–Crippen MR) is 158 cm³/mol. The van der Waals surface area contributed by atoms with Gasteiger partial charge < -0.3 is 15.7 Å². The van der Waals surface area contributed by atoms with Crippen LogP contribution >= 0.6 is 11.8 Å². The van der Waals surface area contributed by atoms with Crippen molar-refractivity contribution >= 4 is 47.1 Å². The van der Waals surface area contributed by atoms with Crippen molar-refractivity contribution < 1.29 is 33.9 Å². The molecule has 2 aliphatic heterocycles. The molecule has 0 radical (unpaired) electrons. The molecule has 0 saturated carbocycles. The van der Waals surface area contributed by atoms with Gasteiger partial charge in [-0.15, -0.1) is 5.10 Å². The minimum absolute atomic E-state index is 0.0316. The quantitative estimate of drug-likeness (QED) is 0.250. The van der Waals surface area contributed by atoms with E-state index in [2.05, 4.69) is 26.2 Å². The largest absolute Gasteiger partial charge is 0.481 e. The second-order valence-corrected chi connectivity index (χ2v) is 11.4. The number of aliphatic carboxylic acids is 1. The number of hydrogen-bond donors (Lipinski definition) is 3. The van der Waals surface area contributed by atoms with E-state index in [9.17, 15) is 33.9 Å². The van der Waals surface area contributed by atoms with Crippen LogP contribution in [0.1, 0.15) is 42.5 Å². The molecule has 3 aromatic rings. The van der Waals surface area contributed by atoms with Gasteiger partial charge in [-0.05, 0) is 54.0 Å². The van der Waals surface area contributed by atoms with E-state index in [-0.39, 0.29) is 42.6 Å². The topological polar surface area (TPSA) is 197 Å². The number of hydrazine groups is 1. The maximum absolute atomic E-state index is 13.7. The molecular weight excluding hydrogens is 604 g/mol. The van der Waals surface area contributed by atoms with Crippen molar-refractivity contribution in [2.45, 2.75) is 55.4 Å². The van der Waals surface area contributed by atoms with Crippen molar-refractivity contribution in [2.24, 2.45) is 0 Å². The number of fused-ring (bicyclic) bond motifs is 1. The summed E-state index contributed by atoms with van der Waals surface area (Å²) in [5.41, 5.74) is 0.987. The first-order valence-electron chi connectivity index (χ1n) is 14.2. The number of thioether (sulfide) groups is 1. The molecule has 45 heavy (non-hydrogen) atoms. The van der Waals surface area contributed by atoms with Crippen LogP contribution in [0.2, 0.25) is 0 Å². The molecule has 3 heterocycles. The molecule has 16 heteroatoms. The minimum Gasteiger partial charge on any atom is -0.481 e. The van der Waals surface area contributed by atoms with Crippen molar-refractivity contribution in [3.63, 3.8) is 0 Å². The molecule has 2 aromatic carbocycles. The van der Waals surface area contributed by atoms with Crippen LogP contribution in [0, 0.1) is 0 Å². The van der Waals surface area contributed by atoms with Gasteiger partial charge >= 0.3 is 5.97 Å². The number of nitrogens with zero attached hydrogens (tertiary/aromatic N) is 6. The number of amides is 4. The summed E-state index contributed by atoms with van der Waals surface area (Å²) < 4.78 is 1.42. The number of carboxylic acids is 1. The highest BCUT2D eigenvalue weighted by molar-refractivity contribution is 7.99. The number of aromatic nitrogens is 4. The first kappa shape index (κ1) is 31.3. The molecule has 1 aromatic heterocycles. The Labute approximate surface area is 261 Å². The number of carboxylic acid groups (broad SMARTS) is 1. The van der Waals surface area contributed by atoms with Gasteiger partial charge in [0.05, 0.1) is 23.9 Å². The summed E-state index contributed by atoms with van der Waals surface area (Å²) in [5, 5.41) is 28.8. The summed E-state index contributed by atoms with van der Waals surface area (Å²) in [6, 6.07) is 13.5. The SMILES string of the molecule is O=C(O)CC(NC(=O)C1CCCN2C(=O)CC[C@H](NC(=O)c3ccccc3)C(=O)N12)C(=O)CSc1nnnn1-c1ccccc1. The standard InChI is InChI=1S/C29H30N8O7S/c38-23(17-45-29-32-33-34-36(29)19-10-5-2-6-11-19)21(16-25(40)41)31-27(43)22-12-7-15-35-24(39)14-13-20(28(44)37(22)35)30-26(42)18-8-3-1-4-9-18/h1-6,8-11,20-22H,7,12-17H2,(H,30,42)(H,31,43)(H,40,41)/t20-,21?,22?/m0/s1. The summed E-state index contributed by atoms with van der Waals surface area (Å²) in [6.45, 7) is 0.192. The molecule has 4 amide bonds. The van der Waals surface area contributed by atoms with Crippen LogP contribution in [0.15, 0.2) is 65.8 Å². The number of benzene rings is 2. The third-order valence-electron chi connectivity index (χ3n) is 7.37. The number of hydrogen-bond acceptors (Lipinski definition) is 10. The zero-order chi connectivity index (χ0) is 31.9. The highest BCUT2D eigenvalue weighted by Crippen LogP contribution is 2.26. The number of nitrogens with one attached hydrogen (secondary N) is 2. The number of tetrazole rings is 1. The van der Waals surface area contributed by atoms with Gasteiger partial charge in [-0.25, -0.2) is 5.01 Å². The van der Waals surface area contributed by atoms with Crippen LogP contribution < -0.4 is 10.6 Å². The monoisotopic (exact) mass is 634 g/mol. The molecule has 0 bridgehead atoms. The van der Waals surface area contributed by atoms with Crippen molar-refractivity contribution in [1.29, 1.82) is 0 Å². The fourth-order valence-corrected chi connectivity index (χ4v) is 5.99. The Bertz CT molecular complexity index is 1590. The number of carbonyl (C=O) groups is 6. The average molecular weight is 635 g/mol. The lowest BCUT2D eigenvalue weighted by Gasteiger charge is -2.43. The second kappa shape index (κ2) is 14.1. The lowest BCUT2D eigenvalue weighted by molar-refractivity contribution is -0.176. The molecule has 0 aliphatic carbocycles. The van der Waals surface area contributed by atoms with E-state index >= 15 is 0 Å². The second-order valence-electron chi connectivity index (χ2n) is 10.4. The molecule has 2 fully saturated rings. The van der Waals surface area contributed by atoms with Crippen LogP contribution in [-0.4, -0.2) is 101 Å². The van der Waals surface area contributed by atoms with Gasteiger partial charge in [-0.2, -0.15) is 4.68 Å². The van der Waals surface area contributed by atoms with Crippen LogP contribution in [0.25, 0.3) is 5.69 Å². The number of carbonyl (C=O) groups excluding carboxylic acids is 5. The van der Waals surface area contributed by atoms with Crippen molar-refractivity contribution in [2.75, 3.05) is 12.3 Å². The van der Waals surface area contributed by atoms with Crippen LogP contribution in [-0.2, 0) is 24.0 Å². The lowest BCUT2D eigenvalue weighted by atomic mass is 10.0. The van der Waals surface area contributed by atoms with E-state index in [0.29, 0.717) is 17.7 Å². The van der Waals surface area contributed by atoms with Gasteiger partial charge in [0.2, 0.25) is 17.0 Å². The number of Topliss-reactive ketones (excluding diaryl/α,β-unsaturated/α-hetero) is 1. The summed E-state index contributed by atoms with van der Waals surface area (Å²) in [7, 11) is 0. The Kier molecular flexibility index (Phi) is 9.82. The molecular formula is C29H30N8O7S. The maximum Gasteiger partial charge on any atom is 0.305 e. The Morgan fingerprint density at radius 1 is 1.00 bits per heavy atom. The third-order valence-corrected chi connectivity index (χ3v) is 8.32. The third kappa shape index (κ3) is 7.34. The van der Waals surface area contributed by atoms with E-state index in [1.54, 1.807) is 54.6 Å². The van der Waals surface area contributed by atoms with Crippen molar-refractivity contribution in [3.8, 4) is 5.69 Å². The Balaban J connectivity index is 1.30. The first-order chi connectivity index (χ1) is 21.7. The zero-order valence-corrected chi connectivity index (χ0v) is 24.8. The van der Waals surface area contributed by atoms with E-state index in [1.807, 2.05) is 6.07 Å². The van der Waals surface area contributed by atoms with Gasteiger partial charge in [-0.1, -0.05) is 48.2 Å². The van der Waals surface area contributed by atoms with Gasteiger partial charge in [0.25, 0.3) is 11.8 Å². The molecule has 3 atom stereocenters. The summed E-state index contributed by atoms with van der Waals surface area (Å²) >= 11 is 0.976. The molecule has 2 unspecified atom stereocenters. The zero-order valence-electron chi connectivity index (χ0n) is 23.9. The van der Waals surface area contributed by atoms with E-state index in [4.69, 9.17) is 0 Å². The van der Waals surface area contributed by atoms with Gasteiger partial charge in [-0.3, -0.25) is 33.8 Å². The molecule has 2 saturated heterocycles. The molecule has 5 rings (SSSR count). The molecule has 234 valence electrons. The Morgan fingerprint density at radius 2 is 1.71 bits per heavy atom. The molecule has 0 spiro atoms. The normalized spacial score (nSPS) is 18.8. The van der Waals surface area contributed by atoms with Crippen LogP contribution in [0.3, 0.4) is 0 Å². The number of para-hydroxylation sites is 1. The Hall–Kier alpha value is -5.12. The number of rotatable bonds is 11. The molecule has 2 aliphatic rings. The lowest BCUT2D eigenvalue weighted by Crippen LogP contribution is -2.64. The fraction of sp³-hybridized carbons (Fsp3) is 0.345. The average Bonchev–Trinajstić information content (AvgIpc) is 3.49. The van der Waals surface area contributed by atoms with Crippen molar-refractivity contribution in [3.05, 3.63) is 66.2 Å². The number of ketones is 1. The summed E-state index contributed by atoms with van der Waals surface area (Å²) in [6.07, 6.45) is -0.138. The van der Waals surface area contributed by atoms with E-state index in [1.165, 1.54) is 9.69 Å². The highest BCUT2D eigenvalue weighted by Gasteiger charge is 2.45. The smallest absolute Gasteiger partial charge is 0.305 e. The van der Waals surface area contributed by atoms with Gasteiger partial charge in [0.1, 0.15) is 12.1 Å². The van der Waals surface area contributed by atoms with Crippen LogP contribution in [0.4, 0.5) is 0 Å². The summed E-state index contributed by atoms with van der Waals surface area (Å²) in [4.78, 5) is 78.1. The van der Waals surface area contributed by atoms with Gasteiger partial charge in [0.15, 0.2) is 5.78 Å². The minimum atomic E-state index is -1.43. The van der Waals surface area contributed by atoms with Crippen molar-refractivity contribution in [1.82, 2.24) is 40.9 Å². The Morgan fingerprint density at radius 3 is 2.42 bits per heavy atom. The highest BCUT2D eigenvalue weighted by atomic mass is 32.2. The van der Waals surface area contributed by atoms with Gasteiger partial charge in [0, 0.05) is 18.5 Å². The molecule has 15 nitrogen and oxygen atoms in total. The van der Waals surface area contributed by atoms with E-state index < -0.39 is 54.0 Å². The fourth-order valence-electron chi connectivity index (χ4n) is 5.16. The summed E-state index contributed by atoms with van der Waals surface area (Å²) in [5.74, 6) is -4.49. The van der Waals surface area contributed by atoms with E-state index in [0.717, 1.165) is 16.8 Å². The molecule has 3 N–H and O–H groups in total. The first-order valence-corrected chi connectivity index (χ1v) is 15.2. The maximum atomic E-state index is 13.7. The van der Waals surface area contributed by atoms with Crippen LogP contribution in [0.5, 0.6) is 0 Å². The predicted octanol–water partition coefficient (Wildman–Crippen LogP) is 0.610.